The van der Waals surface area contributed by atoms with Gasteiger partial charge in [-0.1, -0.05) is 36.4 Å². The van der Waals surface area contributed by atoms with Crippen molar-refractivity contribution in [2.45, 2.75) is 0 Å². The van der Waals surface area contributed by atoms with Gasteiger partial charge < -0.3 is 0 Å². The molecule has 0 atom stereocenters. The molecule has 1 aromatic carbocycles. The van der Waals surface area contributed by atoms with Gasteiger partial charge in [-0.2, -0.15) is 0 Å². The minimum atomic E-state index is 0. The second kappa shape index (κ2) is 4.63. The summed E-state index contributed by atoms with van der Waals surface area (Å²) in [6.45, 7) is 0. The summed E-state index contributed by atoms with van der Waals surface area (Å²) < 4.78 is 0. The van der Waals surface area contributed by atoms with E-state index in [1.165, 1.54) is 0 Å². The molecule has 0 spiro atoms. The minimum absolute atomic E-state index is 0. The zero-order valence-corrected chi connectivity index (χ0v) is 6.38. The molecule has 0 N–H and O–H groups in total. The maximum absolute atomic E-state index is 2.00. The maximum atomic E-state index is 2.00. The summed E-state index contributed by atoms with van der Waals surface area (Å²) in [5.74, 6) is 0. The first-order valence-corrected chi connectivity index (χ1v) is 2.00. The fourth-order valence-electron chi connectivity index (χ4n) is 0.385. The molecule has 0 nitrogen and oxygen atoms in total. The Hall–Kier alpha value is 0.480. The second-order valence-corrected chi connectivity index (χ2v) is 1.15. The topological polar surface area (TPSA) is 0 Å². The van der Waals surface area contributed by atoms with Gasteiger partial charge in [0.15, 0.2) is 0 Å². The first-order chi connectivity index (χ1) is 3.00. The first kappa shape index (κ1) is 7.48. The molecule has 1 aromatic rings. The Morgan fingerprint density at radius 3 is 0.714 bits per heavy atom. The van der Waals surface area contributed by atoms with E-state index in [2.05, 4.69) is 0 Å². The monoisotopic (exact) mass is 118 g/mol. The van der Waals surface area contributed by atoms with E-state index >= 15 is 0 Å². The molecule has 0 aliphatic rings. The van der Waals surface area contributed by atoms with Crippen LogP contribution < -0.4 is 0 Å². The first-order valence-electron chi connectivity index (χ1n) is 2.00. The van der Waals surface area contributed by atoms with E-state index in [0.29, 0.717) is 0 Å². The van der Waals surface area contributed by atoms with Gasteiger partial charge in [0, 0.05) is 0 Å². The van der Waals surface area contributed by atoms with Gasteiger partial charge in [0.2, 0.25) is 0 Å². The summed E-state index contributed by atoms with van der Waals surface area (Å²) >= 11 is 0. The average Bonchev–Trinajstić information content (AvgIpc) is 1.72. The van der Waals surface area contributed by atoms with Crippen LogP contribution in [0.15, 0.2) is 36.4 Å². The van der Waals surface area contributed by atoms with Crippen molar-refractivity contribution in [1.29, 1.82) is 0 Å². The van der Waals surface area contributed by atoms with Crippen molar-refractivity contribution in [3.63, 3.8) is 0 Å². The average molecular weight is 118 g/mol. The molecule has 0 saturated heterocycles. The van der Waals surface area contributed by atoms with E-state index < -0.39 is 0 Å². The fraction of sp³-hybridized carbons (Fsp3) is 0. The van der Waals surface area contributed by atoms with Crippen LogP contribution in [0.3, 0.4) is 0 Å². The molecule has 1 rings (SSSR count). The largest absolute Gasteiger partial charge is 2.00 e. The Morgan fingerprint density at radius 2 is 0.571 bits per heavy atom. The molecule has 0 saturated carbocycles. The molecule has 0 heterocycles. The number of benzene rings is 1. The molecule has 30 valence electrons. The Bertz CT molecular complexity index is 76.1. The van der Waals surface area contributed by atoms with E-state index in [0.717, 1.165) is 0 Å². The molecule has 0 fully saturated rings. The van der Waals surface area contributed by atoms with Crippen molar-refractivity contribution in [2.24, 2.45) is 0 Å². The van der Waals surface area contributed by atoms with Crippen molar-refractivity contribution in [3.05, 3.63) is 36.4 Å². The summed E-state index contributed by atoms with van der Waals surface area (Å²) in [6, 6.07) is 12.0. The quantitative estimate of drug-likeness (QED) is 0.450. The summed E-state index contributed by atoms with van der Waals surface area (Å²) in [5.41, 5.74) is 0. The Labute approximate surface area is 73.5 Å². The van der Waals surface area contributed by atoms with Gasteiger partial charge in [0.05, 0.1) is 0 Å². The fourth-order valence-corrected chi connectivity index (χ4v) is 0.385. The predicted octanol–water partition coefficient (Wildman–Crippen LogP) is 1.31. The maximum Gasteiger partial charge on any atom is 2.00 e. The van der Waals surface area contributed by atoms with Crippen molar-refractivity contribution in [2.75, 3.05) is 0 Å². The van der Waals surface area contributed by atoms with Crippen molar-refractivity contribution >= 4 is 37.7 Å². The number of rotatable bonds is 0. The summed E-state index contributed by atoms with van der Waals surface area (Å²) in [6.07, 6.45) is 0. The van der Waals surface area contributed by atoms with Crippen LogP contribution in [0, 0.1) is 0 Å². The van der Waals surface area contributed by atoms with Crippen LogP contribution >= 0.6 is 0 Å². The van der Waals surface area contributed by atoms with Crippen LogP contribution in [0.5, 0.6) is 0 Å². The van der Waals surface area contributed by atoms with Crippen LogP contribution in [0.4, 0.5) is 0 Å². The van der Waals surface area contributed by atoms with Crippen LogP contribution in [-0.2, 0) is 0 Å². The summed E-state index contributed by atoms with van der Waals surface area (Å²) in [7, 11) is 0. The predicted molar refractivity (Wildman–Crippen MR) is 32.2 cm³/mol. The Balaban J connectivity index is 0.000000360. The molecule has 7 heavy (non-hydrogen) atoms. The molecule has 0 bridgehead atoms. The molecule has 1 heteroatoms. The number of hydrogen-bond acceptors (Lipinski definition) is 0. The zero-order chi connectivity index (χ0) is 4.24. The van der Waals surface area contributed by atoms with Crippen LogP contribution in [0.25, 0.3) is 0 Å². The minimum Gasteiger partial charge on any atom is -0.0623 e. The van der Waals surface area contributed by atoms with Crippen molar-refractivity contribution in [3.8, 4) is 0 Å². The van der Waals surface area contributed by atoms with E-state index in [1.807, 2.05) is 36.4 Å². The van der Waals surface area contributed by atoms with E-state index in [9.17, 15) is 0 Å². The molecular formula is C6H6Ca+2. The molecule has 0 aliphatic carbocycles. The summed E-state index contributed by atoms with van der Waals surface area (Å²) in [4.78, 5) is 0. The van der Waals surface area contributed by atoms with Crippen molar-refractivity contribution < 1.29 is 0 Å². The van der Waals surface area contributed by atoms with Gasteiger partial charge in [-0.3, -0.25) is 0 Å². The zero-order valence-electron chi connectivity index (χ0n) is 4.17. The molecule has 0 amide bonds. The van der Waals surface area contributed by atoms with Gasteiger partial charge in [0.25, 0.3) is 0 Å². The van der Waals surface area contributed by atoms with Gasteiger partial charge in [-0.05, 0) is 0 Å². The van der Waals surface area contributed by atoms with Gasteiger partial charge >= 0.3 is 37.7 Å². The number of hydrogen-bond donors (Lipinski definition) is 0. The van der Waals surface area contributed by atoms with E-state index in [4.69, 9.17) is 0 Å². The Morgan fingerprint density at radius 1 is 0.429 bits per heavy atom. The molecular weight excluding hydrogens is 112 g/mol. The van der Waals surface area contributed by atoms with Crippen LogP contribution in [0.2, 0.25) is 0 Å². The third kappa shape index (κ3) is 3.10. The molecule has 0 aliphatic heterocycles. The standard InChI is InChI=1S/C6H6.Ca/c1-2-4-6-5-3-1;/h1-6H;/q;+2. The summed E-state index contributed by atoms with van der Waals surface area (Å²) in [5, 5.41) is 0. The Kier molecular flexibility index (Phi) is 4.95. The van der Waals surface area contributed by atoms with Crippen LogP contribution in [0.1, 0.15) is 0 Å². The third-order valence-electron chi connectivity index (χ3n) is 0.667. The van der Waals surface area contributed by atoms with E-state index in [1.54, 1.807) is 0 Å². The molecule has 0 aromatic heterocycles. The van der Waals surface area contributed by atoms with Crippen molar-refractivity contribution in [1.82, 2.24) is 0 Å². The van der Waals surface area contributed by atoms with E-state index in [-0.39, 0.29) is 37.7 Å². The molecule has 0 radical (unpaired) electrons. The normalized spacial score (nSPS) is 6.86. The smallest absolute Gasteiger partial charge is 0.0623 e. The van der Waals surface area contributed by atoms with Gasteiger partial charge in [-0.15, -0.1) is 0 Å². The second-order valence-electron chi connectivity index (χ2n) is 1.15. The van der Waals surface area contributed by atoms with Gasteiger partial charge in [-0.25, -0.2) is 0 Å². The van der Waals surface area contributed by atoms with Gasteiger partial charge in [0.1, 0.15) is 0 Å². The third-order valence-corrected chi connectivity index (χ3v) is 0.667. The SMILES string of the molecule is [Ca+2].c1ccccc1. The van der Waals surface area contributed by atoms with Crippen LogP contribution in [-0.4, -0.2) is 37.7 Å². The molecule has 0 unspecified atom stereocenters.